The number of non-ortho nitro benzene ring substituents is 1. The molecular formula is C18H17NO4. The van der Waals surface area contributed by atoms with Crippen LogP contribution in [0.2, 0.25) is 0 Å². The van der Waals surface area contributed by atoms with Crippen molar-refractivity contribution in [1.82, 2.24) is 0 Å². The van der Waals surface area contributed by atoms with Gasteiger partial charge in [0.15, 0.2) is 0 Å². The van der Waals surface area contributed by atoms with Crippen molar-refractivity contribution in [1.29, 1.82) is 0 Å². The highest BCUT2D eigenvalue weighted by atomic mass is 16.6. The average molecular weight is 311 g/mol. The zero-order valence-electron chi connectivity index (χ0n) is 12.9. The fourth-order valence-electron chi connectivity index (χ4n) is 2.01. The number of nitro groups is 1. The van der Waals surface area contributed by atoms with E-state index in [2.05, 4.69) is 0 Å². The molecule has 0 amide bonds. The normalized spacial score (nSPS) is 12.1. The Bertz CT molecular complexity index is 735. The van der Waals surface area contributed by atoms with Crippen LogP contribution in [-0.2, 0) is 9.53 Å². The summed E-state index contributed by atoms with van der Waals surface area (Å²) in [5.74, 6) is -0.496. The minimum absolute atomic E-state index is 0.0272. The fraction of sp³-hybridized carbons (Fsp3) is 0.167. The smallest absolute Gasteiger partial charge is 0.331 e. The first kappa shape index (κ1) is 16.4. The molecule has 0 radical (unpaired) electrons. The van der Waals surface area contributed by atoms with Gasteiger partial charge in [0, 0.05) is 18.2 Å². The lowest BCUT2D eigenvalue weighted by Crippen LogP contribution is -2.06. The molecule has 1 atom stereocenters. The predicted octanol–water partition coefficient (Wildman–Crippen LogP) is 4.22. The van der Waals surface area contributed by atoms with E-state index in [1.165, 1.54) is 18.2 Å². The van der Waals surface area contributed by atoms with E-state index >= 15 is 0 Å². The monoisotopic (exact) mass is 311 g/mol. The van der Waals surface area contributed by atoms with Gasteiger partial charge in [0.05, 0.1) is 4.92 Å². The van der Waals surface area contributed by atoms with Gasteiger partial charge in [-0.15, -0.1) is 0 Å². The molecule has 0 fully saturated rings. The number of ether oxygens (including phenoxy) is 1. The Balaban J connectivity index is 2.00. The van der Waals surface area contributed by atoms with Gasteiger partial charge in [0.1, 0.15) is 6.10 Å². The third-order valence-electron chi connectivity index (χ3n) is 3.33. The Morgan fingerprint density at radius 1 is 1.22 bits per heavy atom. The number of rotatable bonds is 5. The summed E-state index contributed by atoms with van der Waals surface area (Å²) >= 11 is 0. The van der Waals surface area contributed by atoms with Gasteiger partial charge in [0.2, 0.25) is 0 Å². The number of hydrogen-bond donors (Lipinski definition) is 0. The molecule has 0 N–H and O–H groups in total. The molecular weight excluding hydrogens is 294 g/mol. The summed E-state index contributed by atoms with van der Waals surface area (Å²) < 4.78 is 5.27. The van der Waals surface area contributed by atoms with Crippen LogP contribution in [0.4, 0.5) is 5.69 Å². The molecule has 0 bridgehead atoms. The summed E-state index contributed by atoms with van der Waals surface area (Å²) in [7, 11) is 0. The van der Waals surface area contributed by atoms with Gasteiger partial charge in [-0.1, -0.05) is 42.0 Å². The minimum atomic E-state index is -0.565. The van der Waals surface area contributed by atoms with E-state index in [4.69, 9.17) is 4.74 Å². The fourth-order valence-corrected chi connectivity index (χ4v) is 2.01. The lowest BCUT2D eigenvalue weighted by atomic mass is 10.1. The van der Waals surface area contributed by atoms with Crippen LogP contribution in [0.25, 0.3) is 6.08 Å². The van der Waals surface area contributed by atoms with E-state index in [-0.39, 0.29) is 5.69 Å². The van der Waals surface area contributed by atoms with Gasteiger partial charge in [-0.3, -0.25) is 10.1 Å². The van der Waals surface area contributed by atoms with Crippen molar-refractivity contribution in [2.75, 3.05) is 0 Å². The first-order valence-corrected chi connectivity index (χ1v) is 7.15. The predicted molar refractivity (Wildman–Crippen MR) is 87.8 cm³/mol. The third kappa shape index (κ3) is 4.78. The van der Waals surface area contributed by atoms with E-state index in [0.29, 0.717) is 5.56 Å². The molecule has 0 spiro atoms. The van der Waals surface area contributed by atoms with Crippen LogP contribution in [0, 0.1) is 17.0 Å². The largest absolute Gasteiger partial charge is 0.455 e. The molecule has 0 aliphatic carbocycles. The van der Waals surface area contributed by atoms with E-state index in [1.807, 2.05) is 31.2 Å². The van der Waals surface area contributed by atoms with Gasteiger partial charge < -0.3 is 4.74 Å². The Morgan fingerprint density at radius 3 is 2.57 bits per heavy atom. The van der Waals surface area contributed by atoms with Crippen LogP contribution in [0.3, 0.4) is 0 Å². The summed E-state index contributed by atoms with van der Waals surface area (Å²) in [4.78, 5) is 22.1. The lowest BCUT2D eigenvalue weighted by Gasteiger charge is -2.11. The molecule has 2 aromatic carbocycles. The minimum Gasteiger partial charge on any atom is -0.455 e. The number of nitro benzene ring substituents is 1. The molecule has 0 heterocycles. The summed E-state index contributed by atoms with van der Waals surface area (Å²) in [5.41, 5.74) is 2.59. The highest BCUT2D eigenvalue weighted by Crippen LogP contribution is 2.22. The number of esters is 1. The van der Waals surface area contributed by atoms with Crippen LogP contribution in [-0.4, -0.2) is 10.9 Å². The van der Waals surface area contributed by atoms with Crippen LogP contribution in [0.5, 0.6) is 0 Å². The Hall–Kier alpha value is -2.95. The highest BCUT2D eigenvalue weighted by Gasteiger charge is 2.13. The number of hydrogen-bond acceptors (Lipinski definition) is 4. The number of carbonyl (C=O) groups excluding carboxylic acids is 1. The quantitative estimate of drug-likeness (QED) is 0.359. The van der Waals surface area contributed by atoms with Crippen LogP contribution >= 0.6 is 0 Å². The van der Waals surface area contributed by atoms with Crippen molar-refractivity contribution in [2.45, 2.75) is 20.0 Å². The van der Waals surface area contributed by atoms with Crippen molar-refractivity contribution >= 4 is 17.7 Å². The topological polar surface area (TPSA) is 69.4 Å². The molecule has 5 nitrogen and oxygen atoms in total. The van der Waals surface area contributed by atoms with Crippen LogP contribution in [0.15, 0.2) is 54.6 Å². The molecule has 0 aliphatic rings. The number of aryl methyl sites for hydroxylation is 1. The van der Waals surface area contributed by atoms with Crippen LogP contribution in [0.1, 0.15) is 29.7 Å². The summed E-state index contributed by atoms with van der Waals surface area (Å²) in [6.07, 6.45) is 2.45. The van der Waals surface area contributed by atoms with E-state index < -0.39 is 17.0 Å². The van der Waals surface area contributed by atoms with Gasteiger partial charge >= 0.3 is 5.97 Å². The molecule has 0 aromatic heterocycles. The van der Waals surface area contributed by atoms with Crippen LogP contribution < -0.4 is 0 Å². The molecule has 118 valence electrons. The van der Waals surface area contributed by atoms with Crippen molar-refractivity contribution in [2.24, 2.45) is 0 Å². The average Bonchev–Trinajstić information content (AvgIpc) is 2.54. The molecule has 0 saturated heterocycles. The number of nitrogens with zero attached hydrogens (tertiary/aromatic N) is 1. The molecule has 0 saturated carbocycles. The van der Waals surface area contributed by atoms with Crippen molar-refractivity contribution in [3.8, 4) is 0 Å². The molecule has 5 heteroatoms. The molecule has 0 aliphatic heterocycles. The Labute approximate surface area is 134 Å². The zero-order valence-corrected chi connectivity index (χ0v) is 12.9. The van der Waals surface area contributed by atoms with Gasteiger partial charge in [-0.25, -0.2) is 4.79 Å². The SMILES string of the molecule is Cc1ccc(/C=C/C(=O)O[C@H](C)c2cccc([N+](=O)[O-])c2)cc1. The molecule has 2 rings (SSSR count). The second kappa shape index (κ2) is 7.35. The first-order chi connectivity index (χ1) is 11.0. The summed E-state index contributed by atoms with van der Waals surface area (Å²) in [6.45, 7) is 3.67. The van der Waals surface area contributed by atoms with Crippen molar-refractivity contribution in [3.05, 3.63) is 81.4 Å². The highest BCUT2D eigenvalue weighted by molar-refractivity contribution is 5.87. The molecule has 2 aromatic rings. The first-order valence-electron chi connectivity index (χ1n) is 7.15. The van der Waals surface area contributed by atoms with E-state index in [9.17, 15) is 14.9 Å². The van der Waals surface area contributed by atoms with Gasteiger partial charge in [0.25, 0.3) is 5.69 Å². The lowest BCUT2D eigenvalue weighted by molar-refractivity contribution is -0.385. The van der Waals surface area contributed by atoms with Gasteiger partial charge in [-0.2, -0.15) is 0 Å². The maximum absolute atomic E-state index is 11.8. The number of benzene rings is 2. The Kier molecular flexibility index (Phi) is 5.25. The number of carbonyl (C=O) groups is 1. The maximum Gasteiger partial charge on any atom is 0.331 e. The van der Waals surface area contributed by atoms with Crippen molar-refractivity contribution < 1.29 is 14.5 Å². The zero-order chi connectivity index (χ0) is 16.8. The molecule has 23 heavy (non-hydrogen) atoms. The maximum atomic E-state index is 11.8. The van der Waals surface area contributed by atoms with E-state index in [1.54, 1.807) is 25.1 Å². The van der Waals surface area contributed by atoms with Crippen molar-refractivity contribution in [3.63, 3.8) is 0 Å². The second-order valence-corrected chi connectivity index (χ2v) is 5.18. The Morgan fingerprint density at radius 2 is 1.91 bits per heavy atom. The van der Waals surface area contributed by atoms with Gasteiger partial charge in [-0.05, 0) is 31.1 Å². The summed E-state index contributed by atoms with van der Waals surface area (Å²) in [6, 6.07) is 13.8. The van der Waals surface area contributed by atoms with E-state index in [0.717, 1.165) is 11.1 Å². The molecule has 0 unspecified atom stereocenters. The standard InChI is InChI=1S/C18H17NO4/c1-13-6-8-15(9-7-13)10-11-18(20)23-14(2)16-4-3-5-17(12-16)19(21)22/h3-12,14H,1-2H3/b11-10+/t14-/m1/s1. The second-order valence-electron chi connectivity index (χ2n) is 5.18. The summed E-state index contributed by atoms with van der Waals surface area (Å²) in [5, 5.41) is 10.8. The third-order valence-corrected chi connectivity index (χ3v) is 3.33.